The van der Waals surface area contributed by atoms with Crippen LogP contribution in [-0.4, -0.2) is 4.98 Å². The van der Waals surface area contributed by atoms with Gasteiger partial charge < -0.3 is 0 Å². The van der Waals surface area contributed by atoms with E-state index < -0.39 is 0 Å². The highest BCUT2D eigenvalue weighted by Crippen LogP contribution is 2.41. The minimum absolute atomic E-state index is 1.06. The van der Waals surface area contributed by atoms with E-state index in [0.29, 0.717) is 0 Å². The fourth-order valence-corrected chi connectivity index (χ4v) is 4.99. The van der Waals surface area contributed by atoms with Gasteiger partial charge in [-0.1, -0.05) is 24.3 Å². The van der Waals surface area contributed by atoms with Gasteiger partial charge in [-0.05, 0) is 36.8 Å². The number of nitrogens with zero attached hydrogens (tertiary/aromatic N) is 2. The molecule has 5 aromatic rings. The van der Waals surface area contributed by atoms with Crippen LogP contribution in [0.3, 0.4) is 0 Å². The molecular formula is C22H17N2S+. The van der Waals surface area contributed by atoms with E-state index in [1.54, 1.807) is 0 Å². The van der Waals surface area contributed by atoms with Gasteiger partial charge in [-0.15, -0.1) is 11.3 Å². The molecule has 0 N–H and O–H groups in total. The van der Waals surface area contributed by atoms with Crippen LogP contribution in [0, 0.1) is 6.92 Å². The third-order valence-electron chi connectivity index (χ3n) is 4.91. The molecule has 0 aliphatic carbocycles. The van der Waals surface area contributed by atoms with Crippen LogP contribution in [0.5, 0.6) is 0 Å². The van der Waals surface area contributed by atoms with Gasteiger partial charge in [0.25, 0.3) is 0 Å². The molecule has 3 heterocycles. The number of hydrogen-bond donors (Lipinski definition) is 0. The van der Waals surface area contributed by atoms with E-state index in [1.165, 1.54) is 42.4 Å². The Hall–Kier alpha value is -2.78. The summed E-state index contributed by atoms with van der Waals surface area (Å²) in [5.74, 6) is 0. The standard InChI is InChI=1S/C22H17N2S/c1-14-6-3-4-7-15(14)21-22-17(11-13-24(21)2)20-16-8-5-12-23-18(16)9-10-19(20)25-22/h3-13H,1-2H3/q+1. The van der Waals surface area contributed by atoms with Gasteiger partial charge in [0, 0.05) is 33.1 Å². The second kappa shape index (κ2) is 5.36. The quantitative estimate of drug-likeness (QED) is 0.373. The highest BCUT2D eigenvalue weighted by atomic mass is 32.1. The van der Waals surface area contributed by atoms with Crippen molar-refractivity contribution < 1.29 is 4.57 Å². The summed E-state index contributed by atoms with van der Waals surface area (Å²) in [4.78, 5) is 4.53. The van der Waals surface area contributed by atoms with Crippen LogP contribution in [0.25, 0.3) is 42.3 Å². The Morgan fingerprint density at radius 2 is 1.80 bits per heavy atom. The Balaban J connectivity index is 1.99. The molecular weight excluding hydrogens is 324 g/mol. The number of fused-ring (bicyclic) bond motifs is 5. The average molecular weight is 341 g/mol. The Bertz CT molecular complexity index is 1270. The summed E-state index contributed by atoms with van der Waals surface area (Å²) in [5.41, 5.74) is 4.94. The molecule has 0 saturated carbocycles. The Kier molecular flexibility index (Phi) is 3.12. The van der Waals surface area contributed by atoms with Crippen molar-refractivity contribution >= 4 is 42.4 Å². The molecule has 0 aliphatic rings. The summed E-state index contributed by atoms with van der Waals surface area (Å²) >= 11 is 1.87. The first-order valence-electron chi connectivity index (χ1n) is 8.38. The molecule has 2 aromatic carbocycles. The maximum atomic E-state index is 4.53. The summed E-state index contributed by atoms with van der Waals surface area (Å²) in [6, 6.07) is 19.4. The van der Waals surface area contributed by atoms with E-state index in [4.69, 9.17) is 0 Å². The van der Waals surface area contributed by atoms with Crippen molar-refractivity contribution in [1.29, 1.82) is 0 Å². The zero-order valence-corrected chi connectivity index (χ0v) is 15.0. The van der Waals surface area contributed by atoms with Gasteiger partial charge in [-0.25, -0.2) is 0 Å². The lowest BCUT2D eigenvalue weighted by atomic mass is 10.0. The SMILES string of the molecule is Cc1ccccc1-c1c2sc3ccc4ncccc4c3c2cc[n+]1C. The van der Waals surface area contributed by atoms with Crippen LogP contribution in [0.2, 0.25) is 0 Å². The first kappa shape index (κ1) is 14.6. The molecule has 0 spiro atoms. The molecule has 0 unspecified atom stereocenters. The zero-order valence-electron chi connectivity index (χ0n) is 14.2. The number of aromatic nitrogens is 2. The maximum absolute atomic E-state index is 4.53. The van der Waals surface area contributed by atoms with Gasteiger partial charge in [0.05, 0.1) is 11.1 Å². The molecule has 0 fully saturated rings. The Morgan fingerprint density at radius 1 is 0.920 bits per heavy atom. The zero-order chi connectivity index (χ0) is 17.0. The molecule has 120 valence electrons. The van der Waals surface area contributed by atoms with E-state index in [2.05, 4.69) is 78.3 Å². The number of benzene rings is 2. The van der Waals surface area contributed by atoms with Crippen LogP contribution < -0.4 is 4.57 Å². The molecule has 0 radical (unpaired) electrons. The topological polar surface area (TPSA) is 16.8 Å². The number of rotatable bonds is 1. The second-order valence-electron chi connectivity index (χ2n) is 6.44. The molecule has 3 aromatic heterocycles. The Morgan fingerprint density at radius 3 is 2.68 bits per heavy atom. The maximum Gasteiger partial charge on any atom is 0.230 e. The molecule has 2 nitrogen and oxygen atoms in total. The van der Waals surface area contributed by atoms with Crippen molar-refractivity contribution in [3.63, 3.8) is 0 Å². The second-order valence-corrected chi connectivity index (χ2v) is 7.50. The van der Waals surface area contributed by atoms with Crippen molar-refractivity contribution in [3.8, 4) is 11.3 Å². The summed E-state index contributed by atoms with van der Waals surface area (Å²) in [7, 11) is 2.13. The molecule has 3 heteroatoms. The molecule has 0 amide bonds. The molecule has 0 aliphatic heterocycles. The van der Waals surface area contributed by atoms with Gasteiger partial charge >= 0.3 is 0 Å². The lowest BCUT2D eigenvalue weighted by molar-refractivity contribution is -0.659. The highest BCUT2D eigenvalue weighted by Gasteiger charge is 2.21. The molecule has 5 rings (SSSR count). The summed E-state index contributed by atoms with van der Waals surface area (Å²) < 4.78 is 4.89. The number of aryl methyl sites for hydroxylation is 2. The minimum Gasteiger partial charge on any atom is -0.256 e. The van der Waals surface area contributed by atoms with E-state index in [9.17, 15) is 0 Å². The van der Waals surface area contributed by atoms with Crippen molar-refractivity contribution in [2.75, 3.05) is 0 Å². The monoisotopic (exact) mass is 341 g/mol. The predicted octanol–water partition coefficient (Wildman–Crippen LogP) is 5.40. The van der Waals surface area contributed by atoms with Gasteiger partial charge in [0.1, 0.15) is 11.7 Å². The fraction of sp³-hybridized carbons (Fsp3) is 0.0909. The van der Waals surface area contributed by atoms with Gasteiger partial charge in [-0.2, -0.15) is 4.57 Å². The van der Waals surface area contributed by atoms with E-state index in [-0.39, 0.29) is 0 Å². The van der Waals surface area contributed by atoms with E-state index in [1.807, 2.05) is 23.6 Å². The number of pyridine rings is 2. The van der Waals surface area contributed by atoms with Crippen molar-refractivity contribution in [2.45, 2.75) is 6.92 Å². The van der Waals surface area contributed by atoms with Crippen molar-refractivity contribution in [2.24, 2.45) is 7.05 Å². The van der Waals surface area contributed by atoms with Crippen LogP contribution in [-0.2, 0) is 7.05 Å². The summed E-state index contributed by atoms with van der Waals surface area (Å²) in [6.07, 6.45) is 4.03. The number of hydrogen-bond acceptors (Lipinski definition) is 2. The largest absolute Gasteiger partial charge is 0.256 e. The average Bonchev–Trinajstić information content (AvgIpc) is 3.01. The molecule has 25 heavy (non-hydrogen) atoms. The summed E-state index contributed by atoms with van der Waals surface area (Å²) in [5, 5.41) is 3.87. The van der Waals surface area contributed by atoms with Crippen LogP contribution in [0.15, 0.2) is 67.0 Å². The minimum atomic E-state index is 1.06. The number of thiophene rings is 1. The highest BCUT2D eigenvalue weighted by molar-refractivity contribution is 7.26. The smallest absolute Gasteiger partial charge is 0.230 e. The third kappa shape index (κ3) is 2.09. The fourth-order valence-electron chi connectivity index (χ4n) is 3.68. The lowest BCUT2D eigenvalue weighted by Crippen LogP contribution is -2.30. The molecule has 0 bridgehead atoms. The third-order valence-corrected chi connectivity index (χ3v) is 6.08. The van der Waals surface area contributed by atoms with Crippen LogP contribution in [0.1, 0.15) is 5.56 Å². The van der Waals surface area contributed by atoms with Crippen LogP contribution >= 0.6 is 11.3 Å². The normalized spacial score (nSPS) is 11.6. The van der Waals surface area contributed by atoms with E-state index >= 15 is 0 Å². The van der Waals surface area contributed by atoms with Gasteiger partial charge in [0.15, 0.2) is 6.20 Å². The van der Waals surface area contributed by atoms with Crippen molar-refractivity contribution in [1.82, 2.24) is 4.98 Å². The van der Waals surface area contributed by atoms with Gasteiger partial charge in [-0.3, -0.25) is 4.98 Å². The molecule has 0 saturated heterocycles. The van der Waals surface area contributed by atoms with Crippen LogP contribution in [0.4, 0.5) is 0 Å². The predicted molar refractivity (Wildman–Crippen MR) is 106 cm³/mol. The first-order valence-corrected chi connectivity index (χ1v) is 9.20. The first-order chi connectivity index (χ1) is 12.2. The van der Waals surface area contributed by atoms with E-state index in [0.717, 1.165) is 5.52 Å². The van der Waals surface area contributed by atoms with Crippen molar-refractivity contribution in [3.05, 3.63) is 72.6 Å². The Labute approximate surface area is 150 Å². The lowest BCUT2D eigenvalue weighted by Gasteiger charge is -2.05. The molecule has 0 atom stereocenters. The summed E-state index contributed by atoms with van der Waals surface area (Å²) in [6.45, 7) is 2.18. The van der Waals surface area contributed by atoms with Gasteiger partial charge in [0.2, 0.25) is 5.69 Å².